The Morgan fingerprint density at radius 3 is 2.14 bits per heavy atom. The van der Waals surface area contributed by atoms with Crippen molar-refractivity contribution in [3.63, 3.8) is 0 Å². The van der Waals surface area contributed by atoms with Gasteiger partial charge in [-0.2, -0.15) is 0 Å². The van der Waals surface area contributed by atoms with Crippen LogP contribution in [0.4, 0.5) is 0 Å². The van der Waals surface area contributed by atoms with E-state index < -0.39 is 15.8 Å². The van der Waals surface area contributed by atoms with E-state index in [1.165, 1.54) is 6.26 Å². The zero-order valence-electron chi connectivity index (χ0n) is 12.3. The third kappa shape index (κ3) is 4.43. The van der Waals surface area contributed by atoms with Crippen LogP contribution in [0.15, 0.2) is 53.4 Å². The second kappa shape index (κ2) is 6.75. The van der Waals surface area contributed by atoms with Gasteiger partial charge in [-0.15, -0.1) is 0 Å². The summed E-state index contributed by atoms with van der Waals surface area (Å²) < 4.78 is 22.9. The molecule has 0 aliphatic carbocycles. The van der Waals surface area contributed by atoms with Crippen LogP contribution in [0.1, 0.15) is 23.1 Å². The monoisotopic (exact) mass is 318 g/mol. The van der Waals surface area contributed by atoms with Crippen molar-refractivity contribution in [3.8, 4) is 0 Å². The van der Waals surface area contributed by atoms with Crippen LogP contribution in [0.25, 0.3) is 0 Å². The first kappa shape index (κ1) is 16.2. The van der Waals surface area contributed by atoms with Crippen molar-refractivity contribution in [2.75, 3.05) is 6.26 Å². The Morgan fingerprint density at radius 2 is 1.59 bits per heavy atom. The van der Waals surface area contributed by atoms with Crippen LogP contribution in [0.3, 0.4) is 0 Å². The van der Waals surface area contributed by atoms with Gasteiger partial charge in [-0.3, -0.25) is 4.79 Å². The fourth-order valence-electron chi connectivity index (χ4n) is 2.29. The van der Waals surface area contributed by atoms with Crippen LogP contribution in [-0.4, -0.2) is 25.7 Å². The molecule has 0 aliphatic heterocycles. The van der Waals surface area contributed by atoms with Gasteiger partial charge in [0.1, 0.15) is 0 Å². The van der Waals surface area contributed by atoms with Crippen molar-refractivity contribution in [2.24, 2.45) is 0 Å². The van der Waals surface area contributed by atoms with Gasteiger partial charge in [0.2, 0.25) is 0 Å². The van der Waals surface area contributed by atoms with Gasteiger partial charge in [0.25, 0.3) is 0 Å². The molecule has 0 saturated heterocycles. The molecular weight excluding hydrogens is 300 g/mol. The summed E-state index contributed by atoms with van der Waals surface area (Å²) in [5, 5.41) is 8.81. The number of hydrogen-bond acceptors (Lipinski definition) is 3. The van der Waals surface area contributed by atoms with Crippen molar-refractivity contribution in [2.45, 2.75) is 24.2 Å². The molecule has 2 rings (SSSR count). The van der Waals surface area contributed by atoms with Crippen molar-refractivity contribution in [3.05, 3.63) is 65.2 Å². The quantitative estimate of drug-likeness (QED) is 0.889. The van der Waals surface area contributed by atoms with Crippen LogP contribution < -0.4 is 0 Å². The normalized spacial score (nSPS) is 11.3. The zero-order chi connectivity index (χ0) is 16.2. The molecule has 0 aromatic heterocycles. The minimum atomic E-state index is -3.18. The second-order valence-electron chi connectivity index (χ2n) is 5.26. The summed E-state index contributed by atoms with van der Waals surface area (Å²) in [7, 11) is -3.18. The molecule has 0 amide bonds. The highest BCUT2D eigenvalue weighted by Crippen LogP contribution is 2.18. The van der Waals surface area contributed by atoms with Crippen LogP contribution in [0, 0.1) is 0 Å². The number of carboxylic acids is 1. The number of benzene rings is 2. The predicted octanol–water partition coefficient (Wildman–Crippen LogP) is 2.70. The highest BCUT2D eigenvalue weighted by molar-refractivity contribution is 7.90. The highest BCUT2D eigenvalue weighted by atomic mass is 32.2. The number of hydrogen-bond donors (Lipinski definition) is 1. The Kier molecular flexibility index (Phi) is 4.98. The number of carboxylic acid groups (broad SMARTS) is 1. The summed E-state index contributed by atoms with van der Waals surface area (Å²) >= 11 is 0. The predicted molar refractivity (Wildman–Crippen MR) is 84.8 cm³/mol. The second-order valence-corrected chi connectivity index (χ2v) is 7.27. The Labute approximate surface area is 130 Å². The van der Waals surface area contributed by atoms with Gasteiger partial charge in [0, 0.05) is 12.7 Å². The molecule has 4 nitrogen and oxygen atoms in total. The number of aryl methyl sites for hydroxylation is 1. The largest absolute Gasteiger partial charge is 0.481 e. The smallest absolute Gasteiger partial charge is 0.303 e. The van der Waals surface area contributed by atoms with Crippen molar-refractivity contribution in [1.82, 2.24) is 0 Å². The van der Waals surface area contributed by atoms with E-state index >= 15 is 0 Å². The molecule has 2 aromatic rings. The third-order valence-corrected chi connectivity index (χ3v) is 4.60. The minimum absolute atomic E-state index is 0.101. The van der Waals surface area contributed by atoms with Gasteiger partial charge in [-0.1, -0.05) is 36.4 Å². The van der Waals surface area contributed by atoms with Crippen LogP contribution >= 0.6 is 0 Å². The van der Waals surface area contributed by atoms with E-state index in [1.54, 1.807) is 24.3 Å². The van der Waals surface area contributed by atoms with Gasteiger partial charge in [-0.25, -0.2) is 8.42 Å². The molecule has 0 heterocycles. The van der Waals surface area contributed by atoms with E-state index in [2.05, 4.69) is 0 Å². The van der Waals surface area contributed by atoms with Crippen LogP contribution in [0.5, 0.6) is 0 Å². The van der Waals surface area contributed by atoms with Gasteiger partial charge in [-0.05, 0) is 41.7 Å². The molecule has 0 atom stereocenters. The van der Waals surface area contributed by atoms with Gasteiger partial charge in [0.15, 0.2) is 9.84 Å². The molecule has 22 heavy (non-hydrogen) atoms. The van der Waals surface area contributed by atoms with E-state index in [1.807, 2.05) is 24.3 Å². The molecule has 0 bridgehead atoms. The van der Waals surface area contributed by atoms with E-state index in [0.29, 0.717) is 17.7 Å². The lowest BCUT2D eigenvalue weighted by Gasteiger charge is -2.09. The van der Waals surface area contributed by atoms with Crippen molar-refractivity contribution < 1.29 is 18.3 Å². The average Bonchev–Trinajstić information content (AvgIpc) is 2.46. The summed E-state index contributed by atoms with van der Waals surface area (Å²) in [6.45, 7) is 0. The Bertz CT molecular complexity index is 762. The number of carbonyl (C=O) groups is 1. The lowest BCUT2D eigenvalue weighted by molar-refractivity contribution is -0.136. The molecular formula is C17H18O4S. The van der Waals surface area contributed by atoms with Crippen molar-refractivity contribution >= 4 is 15.8 Å². The molecule has 2 aromatic carbocycles. The lowest BCUT2D eigenvalue weighted by Crippen LogP contribution is -2.01. The summed E-state index contributed by atoms with van der Waals surface area (Å²) in [6.07, 6.45) is 2.43. The summed E-state index contributed by atoms with van der Waals surface area (Å²) in [4.78, 5) is 11.0. The fourth-order valence-corrected chi connectivity index (χ4v) is 2.92. The molecule has 0 fully saturated rings. The van der Waals surface area contributed by atoms with Gasteiger partial charge in [0.05, 0.1) is 4.90 Å². The van der Waals surface area contributed by atoms with Crippen molar-refractivity contribution in [1.29, 1.82) is 0 Å². The molecule has 5 heteroatoms. The standard InChI is InChI=1S/C17H18O4S/c1-22(20,21)16-9-6-13(7-10-16)12-15-5-3-2-4-14(15)8-11-17(18)19/h2-7,9-10H,8,11-12H2,1H3,(H,18,19). The van der Waals surface area contributed by atoms with Gasteiger partial charge >= 0.3 is 5.97 Å². The van der Waals surface area contributed by atoms with E-state index in [9.17, 15) is 13.2 Å². The topological polar surface area (TPSA) is 71.4 Å². The van der Waals surface area contributed by atoms with Gasteiger partial charge < -0.3 is 5.11 Å². The first-order chi connectivity index (χ1) is 10.4. The zero-order valence-corrected chi connectivity index (χ0v) is 13.1. The molecule has 0 spiro atoms. The van der Waals surface area contributed by atoms with Crippen LogP contribution in [-0.2, 0) is 27.5 Å². The first-order valence-electron chi connectivity index (χ1n) is 6.94. The SMILES string of the molecule is CS(=O)(=O)c1ccc(Cc2ccccc2CCC(=O)O)cc1. The number of rotatable bonds is 6. The molecule has 0 unspecified atom stereocenters. The Morgan fingerprint density at radius 1 is 1.00 bits per heavy atom. The maximum Gasteiger partial charge on any atom is 0.303 e. The third-order valence-electron chi connectivity index (χ3n) is 3.47. The maximum atomic E-state index is 11.5. The lowest BCUT2D eigenvalue weighted by atomic mass is 9.97. The maximum absolute atomic E-state index is 11.5. The minimum Gasteiger partial charge on any atom is -0.481 e. The molecule has 0 aliphatic rings. The van der Waals surface area contributed by atoms with Crippen LogP contribution in [0.2, 0.25) is 0 Å². The summed E-state index contributed by atoms with van der Waals surface area (Å²) in [6, 6.07) is 14.5. The average molecular weight is 318 g/mol. The number of aliphatic carboxylic acids is 1. The Hall–Kier alpha value is -2.14. The molecule has 0 saturated carbocycles. The molecule has 0 radical (unpaired) electrons. The molecule has 116 valence electrons. The summed E-state index contributed by atoms with van der Waals surface area (Å²) in [5.74, 6) is -0.813. The summed E-state index contributed by atoms with van der Waals surface area (Å²) in [5.41, 5.74) is 3.07. The van der Waals surface area contributed by atoms with E-state index in [4.69, 9.17) is 5.11 Å². The Balaban J connectivity index is 2.18. The highest BCUT2D eigenvalue weighted by Gasteiger charge is 2.08. The van der Waals surface area contributed by atoms with E-state index in [-0.39, 0.29) is 6.42 Å². The fraction of sp³-hybridized carbons (Fsp3) is 0.235. The van der Waals surface area contributed by atoms with E-state index in [0.717, 1.165) is 16.7 Å². The molecule has 1 N–H and O–H groups in total. The first-order valence-corrected chi connectivity index (χ1v) is 8.83. The number of sulfone groups is 1.